The van der Waals surface area contributed by atoms with Gasteiger partial charge in [-0.2, -0.15) is 0 Å². The molecule has 0 aliphatic heterocycles. The molecular weight excluding hydrogens is 276 g/mol. The Labute approximate surface area is 121 Å². The van der Waals surface area contributed by atoms with Crippen LogP contribution in [0.25, 0.3) is 9.88 Å². The van der Waals surface area contributed by atoms with Crippen molar-refractivity contribution in [3.8, 4) is 9.88 Å². The average Bonchev–Trinajstić information content (AvgIpc) is 2.96. The average molecular weight is 294 g/mol. The van der Waals surface area contributed by atoms with E-state index >= 15 is 0 Å². The lowest BCUT2D eigenvalue weighted by molar-refractivity contribution is 0.0955. The van der Waals surface area contributed by atoms with Gasteiger partial charge in [-0.1, -0.05) is 19.9 Å². The highest BCUT2D eigenvalue weighted by Gasteiger charge is 2.16. The number of thiophene rings is 1. The molecule has 2 aromatic rings. The molecular formula is C14H18N2OS2. The van der Waals surface area contributed by atoms with Gasteiger partial charge in [0, 0.05) is 6.54 Å². The van der Waals surface area contributed by atoms with E-state index in [1.54, 1.807) is 11.3 Å². The molecule has 0 saturated carbocycles. The number of hydrogen-bond donors (Lipinski definition) is 1. The monoisotopic (exact) mass is 294 g/mol. The van der Waals surface area contributed by atoms with Crippen molar-refractivity contribution in [3.05, 3.63) is 28.1 Å². The van der Waals surface area contributed by atoms with Crippen molar-refractivity contribution in [1.29, 1.82) is 0 Å². The number of thiazole rings is 1. The van der Waals surface area contributed by atoms with Crippen LogP contribution in [0.4, 0.5) is 0 Å². The number of rotatable bonds is 5. The highest BCUT2D eigenvalue weighted by Crippen LogP contribution is 2.30. The number of nitrogens with one attached hydrogen (secondary N) is 1. The summed E-state index contributed by atoms with van der Waals surface area (Å²) in [6.45, 7) is 6.92. The molecule has 102 valence electrons. The van der Waals surface area contributed by atoms with Crippen molar-refractivity contribution in [1.82, 2.24) is 10.3 Å². The van der Waals surface area contributed by atoms with E-state index in [1.165, 1.54) is 11.3 Å². The maximum absolute atomic E-state index is 12.1. The predicted octanol–water partition coefficient (Wildman–Crippen LogP) is 3.96. The zero-order valence-corrected chi connectivity index (χ0v) is 13.0. The highest BCUT2D eigenvalue weighted by atomic mass is 32.1. The fraction of sp³-hybridized carbons (Fsp3) is 0.429. The van der Waals surface area contributed by atoms with Gasteiger partial charge >= 0.3 is 0 Å². The third-order valence-electron chi connectivity index (χ3n) is 2.74. The fourth-order valence-electron chi connectivity index (χ4n) is 1.67. The number of carbonyl (C=O) groups excluding carboxylic acids is 1. The minimum atomic E-state index is -0.00143. The summed E-state index contributed by atoms with van der Waals surface area (Å²) in [6, 6.07) is 4.03. The standard InChI is InChI=1S/C14H18N2OS2/c1-9(2)6-7-15-13(17)12-10(3)16-14(19-12)11-5-4-8-18-11/h4-5,8-9H,6-7H2,1-3H3,(H,15,17). The van der Waals surface area contributed by atoms with Gasteiger partial charge in [-0.05, 0) is 30.7 Å². The lowest BCUT2D eigenvalue weighted by Crippen LogP contribution is -2.25. The maximum Gasteiger partial charge on any atom is 0.263 e. The Morgan fingerprint density at radius 1 is 1.47 bits per heavy atom. The van der Waals surface area contributed by atoms with E-state index in [9.17, 15) is 4.79 Å². The topological polar surface area (TPSA) is 42.0 Å². The molecule has 0 bridgehead atoms. The molecule has 5 heteroatoms. The van der Waals surface area contributed by atoms with Crippen LogP contribution in [0, 0.1) is 12.8 Å². The molecule has 0 aromatic carbocycles. The van der Waals surface area contributed by atoms with Crippen LogP contribution in [0.5, 0.6) is 0 Å². The van der Waals surface area contributed by atoms with Crippen molar-refractivity contribution in [2.45, 2.75) is 27.2 Å². The molecule has 3 nitrogen and oxygen atoms in total. The van der Waals surface area contributed by atoms with Gasteiger partial charge in [0.2, 0.25) is 0 Å². The first kappa shape index (κ1) is 14.2. The van der Waals surface area contributed by atoms with Crippen LogP contribution in [-0.4, -0.2) is 17.4 Å². The van der Waals surface area contributed by atoms with Crippen molar-refractivity contribution >= 4 is 28.6 Å². The quantitative estimate of drug-likeness (QED) is 0.907. The molecule has 0 aliphatic rings. The lowest BCUT2D eigenvalue weighted by atomic mass is 10.1. The minimum absolute atomic E-state index is 0.00143. The van der Waals surface area contributed by atoms with E-state index in [2.05, 4.69) is 24.1 Å². The summed E-state index contributed by atoms with van der Waals surface area (Å²) in [6.07, 6.45) is 1.00. The molecule has 1 N–H and O–H groups in total. The molecule has 0 radical (unpaired) electrons. The Morgan fingerprint density at radius 3 is 2.89 bits per heavy atom. The van der Waals surface area contributed by atoms with Crippen LogP contribution >= 0.6 is 22.7 Å². The number of nitrogens with zero attached hydrogens (tertiary/aromatic N) is 1. The normalized spacial score (nSPS) is 10.9. The van der Waals surface area contributed by atoms with Crippen molar-refractivity contribution in [2.24, 2.45) is 5.92 Å². The van der Waals surface area contributed by atoms with Gasteiger partial charge in [0.25, 0.3) is 5.91 Å². The number of hydrogen-bond acceptors (Lipinski definition) is 4. The van der Waals surface area contributed by atoms with Crippen LogP contribution in [0.2, 0.25) is 0 Å². The zero-order chi connectivity index (χ0) is 13.8. The summed E-state index contributed by atoms with van der Waals surface area (Å²) >= 11 is 3.12. The Morgan fingerprint density at radius 2 is 2.26 bits per heavy atom. The van der Waals surface area contributed by atoms with Crippen LogP contribution in [0.15, 0.2) is 17.5 Å². The Hall–Kier alpha value is -1.20. The van der Waals surface area contributed by atoms with Gasteiger partial charge in [0.1, 0.15) is 9.88 Å². The molecule has 0 atom stereocenters. The largest absolute Gasteiger partial charge is 0.351 e. The second-order valence-electron chi connectivity index (χ2n) is 4.85. The third kappa shape index (κ3) is 3.64. The molecule has 2 rings (SSSR count). The maximum atomic E-state index is 12.1. The second kappa shape index (κ2) is 6.30. The van der Waals surface area contributed by atoms with E-state index in [4.69, 9.17) is 0 Å². The lowest BCUT2D eigenvalue weighted by Gasteiger charge is -2.05. The number of aryl methyl sites for hydroxylation is 1. The van der Waals surface area contributed by atoms with Gasteiger partial charge < -0.3 is 5.32 Å². The van der Waals surface area contributed by atoms with Crippen LogP contribution in [0.1, 0.15) is 35.6 Å². The third-order valence-corrected chi connectivity index (χ3v) is 4.94. The summed E-state index contributed by atoms with van der Waals surface area (Å²) in [5.41, 5.74) is 0.815. The second-order valence-corrected chi connectivity index (χ2v) is 6.80. The molecule has 19 heavy (non-hydrogen) atoms. The minimum Gasteiger partial charge on any atom is -0.351 e. The van der Waals surface area contributed by atoms with Crippen molar-refractivity contribution in [2.75, 3.05) is 6.54 Å². The highest BCUT2D eigenvalue weighted by molar-refractivity contribution is 7.22. The van der Waals surface area contributed by atoms with Crippen LogP contribution < -0.4 is 5.32 Å². The molecule has 0 unspecified atom stereocenters. The van der Waals surface area contributed by atoms with E-state index in [-0.39, 0.29) is 5.91 Å². The molecule has 0 aliphatic carbocycles. The van der Waals surface area contributed by atoms with E-state index < -0.39 is 0 Å². The SMILES string of the molecule is Cc1nc(-c2cccs2)sc1C(=O)NCCC(C)C. The zero-order valence-electron chi connectivity index (χ0n) is 11.4. The van der Waals surface area contributed by atoms with Gasteiger partial charge in [0.05, 0.1) is 10.6 Å². The number of carbonyl (C=O) groups is 1. The van der Waals surface area contributed by atoms with Gasteiger partial charge in [-0.3, -0.25) is 4.79 Å². The predicted molar refractivity (Wildman–Crippen MR) is 82.0 cm³/mol. The molecule has 2 heterocycles. The smallest absolute Gasteiger partial charge is 0.263 e. The Balaban J connectivity index is 2.06. The van der Waals surface area contributed by atoms with E-state index in [1.807, 2.05) is 24.4 Å². The summed E-state index contributed by atoms with van der Waals surface area (Å²) in [5, 5.41) is 5.92. The first-order valence-electron chi connectivity index (χ1n) is 6.37. The number of amides is 1. The molecule has 1 amide bonds. The first-order chi connectivity index (χ1) is 9.08. The fourth-order valence-corrected chi connectivity index (χ4v) is 3.45. The van der Waals surface area contributed by atoms with Gasteiger partial charge in [0.15, 0.2) is 0 Å². The Kier molecular flexibility index (Phi) is 4.71. The summed E-state index contributed by atoms with van der Waals surface area (Å²) < 4.78 is 0. The number of aromatic nitrogens is 1. The first-order valence-corrected chi connectivity index (χ1v) is 8.07. The van der Waals surface area contributed by atoms with E-state index in [0.29, 0.717) is 5.92 Å². The van der Waals surface area contributed by atoms with Gasteiger partial charge in [-0.15, -0.1) is 22.7 Å². The molecule has 0 spiro atoms. The Bertz CT molecular complexity index is 544. The van der Waals surface area contributed by atoms with E-state index in [0.717, 1.165) is 33.4 Å². The van der Waals surface area contributed by atoms with Crippen LogP contribution in [0.3, 0.4) is 0 Å². The van der Waals surface area contributed by atoms with Crippen molar-refractivity contribution in [3.63, 3.8) is 0 Å². The van der Waals surface area contributed by atoms with Crippen molar-refractivity contribution < 1.29 is 4.79 Å². The van der Waals surface area contributed by atoms with Gasteiger partial charge in [-0.25, -0.2) is 4.98 Å². The molecule has 2 aromatic heterocycles. The van der Waals surface area contributed by atoms with Crippen LogP contribution in [-0.2, 0) is 0 Å². The summed E-state index contributed by atoms with van der Waals surface area (Å²) in [4.78, 5) is 18.4. The summed E-state index contributed by atoms with van der Waals surface area (Å²) in [5.74, 6) is 0.600. The molecule has 0 fully saturated rings. The molecule has 0 saturated heterocycles. The summed E-state index contributed by atoms with van der Waals surface area (Å²) in [7, 11) is 0.